The van der Waals surface area contributed by atoms with Crippen molar-refractivity contribution in [3.63, 3.8) is 0 Å². The maximum absolute atomic E-state index is 8.26. The van der Waals surface area contributed by atoms with E-state index in [0.29, 0.717) is 19.8 Å². The Hall–Kier alpha value is 0.598. The molecule has 0 aromatic carbocycles. The van der Waals surface area contributed by atoms with Crippen molar-refractivity contribution >= 4 is 29.2 Å². The molecule has 0 rings (SSSR count). The fraction of sp³-hybridized carbons (Fsp3) is 0.571. The van der Waals surface area contributed by atoms with Gasteiger partial charge in [-0.05, 0) is 0 Å². The van der Waals surface area contributed by atoms with E-state index in [1.807, 2.05) is 13.8 Å². The summed E-state index contributed by atoms with van der Waals surface area (Å²) in [6.45, 7) is 11.0. The van der Waals surface area contributed by atoms with Gasteiger partial charge >= 0.3 is 23.2 Å². The molecule has 76 valence electrons. The van der Waals surface area contributed by atoms with E-state index < -0.39 is 0 Å². The molecular formula is C7H16MoNOS2-3. The van der Waals surface area contributed by atoms with Gasteiger partial charge in [0.25, 0.3) is 0 Å². The van der Waals surface area contributed by atoms with Crippen LogP contribution in [0.2, 0.25) is 0 Å². The Kier molecular flexibility index (Phi) is 79.4. The molecule has 0 aromatic heterocycles. The number of hydrogen-bond donors (Lipinski definition) is 1. The Bertz CT molecular complexity index is 68.4. The molecule has 0 unspecified atom stereocenters. The van der Waals surface area contributed by atoms with Crippen molar-refractivity contribution in [3.8, 4) is 0 Å². The van der Waals surface area contributed by atoms with Gasteiger partial charge in [0.05, 0.1) is 0 Å². The normalized spacial score (nSPS) is 5.33. The first-order valence-electron chi connectivity index (χ1n) is 3.28. The van der Waals surface area contributed by atoms with Crippen molar-refractivity contribution in [1.82, 2.24) is 0 Å². The molecule has 2 N–H and O–H groups in total. The average Bonchev–Trinajstić information content (AvgIpc) is 1.92. The summed E-state index contributed by atoms with van der Waals surface area (Å²) in [5.41, 5.74) is 4.66. The predicted octanol–water partition coefficient (Wildman–Crippen LogP) is 2.12. The Morgan fingerprint density at radius 1 is 1.42 bits per heavy atom. The van der Waals surface area contributed by atoms with Crippen LogP contribution in [-0.4, -0.2) is 4.32 Å². The van der Waals surface area contributed by atoms with Gasteiger partial charge < -0.3 is 44.4 Å². The molecule has 12 heavy (non-hydrogen) atoms. The van der Waals surface area contributed by atoms with Crippen LogP contribution in [-0.2, 0) is 35.8 Å². The standard InChI is InChI=1S/2C3H7.CH3NS2.Mo.O/c2*1-3-2;2-1(3)4;;/h2*1,3H2,2H3;(H3,2,3,4);;/q2*-1;;;/p-1. The molecule has 0 saturated carbocycles. The van der Waals surface area contributed by atoms with Gasteiger partial charge in [-0.15, -0.1) is 0 Å². The molecule has 0 aliphatic rings. The monoisotopic (exact) mass is 292 g/mol. The van der Waals surface area contributed by atoms with Crippen molar-refractivity contribution in [1.29, 1.82) is 0 Å². The van der Waals surface area contributed by atoms with Crippen molar-refractivity contribution < 1.29 is 23.2 Å². The van der Waals surface area contributed by atoms with E-state index >= 15 is 0 Å². The SMILES string of the molecule is NC(=S)[S-].[CH2-]CC.[CH2-]CC.[O]=[Mo]. The van der Waals surface area contributed by atoms with E-state index in [1.165, 1.54) is 0 Å². The summed E-state index contributed by atoms with van der Waals surface area (Å²) in [4.78, 5) is 0. The third-order valence-corrected chi connectivity index (χ3v) is 0. The molecule has 0 heterocycles. The van der Waals surface area contributed by atoms with Crippen LogP contribution in [0.5, 0.6) is 0 Å². The van der Waals surface area contributed by atoms with Gasteiger partial charge in [0.15, 0.2) is 0 Å². The second kappa shape index (κ2) is 41.6. The van der Waals surface area contributed by atoms with E-state index in [2.05, 4.69) is 44.4 Å². The number of rotatable bonds is 0. The Morgan fingerprint density at radius 2 is 1.42 bits per heavy atom. The summed E-state index contributed by atoms with van der Waals surface area (Å²) in [5, 5.41) is 0. The zero-order valence-electron chi connectivity index (χ0n) is 7.54. The van der Waals surface area contributed by atoms with Crippen molar-refractivity contribution in [3.05, 3.63) is 13.8 Å². The van der Waals surface area contributed by atoms with Gasteiger partial charge in [-0.2, -0.15) is 12.8 Å². The molecule has 0 radical (unpaired) electrons. The fourth-order valence-corrected chi connectivity index (χ4v) is 0. The number of nitrogens with two attached hydrogens (primary N) is 1. The van der Waals surface area contributed by atoms with Crippen LogP contribution in [0.3, 0.4) is 0 Å². The van der Waals surface area contributed by atoms with Gasteiger partial charge in [0, 0.05) is 0 Å². The minimum atomic E-state index is 0.0833. The van der Waals surface area contributed by atoms with E-state index in [0.717, 1.165) is 12.8 Å². The van der Waals surface area contributed by atoms with Gasteiger partial charge in [0.1, 0.15) is 0 Å². The molecule has 0 spiro atoms. The molecule has 0 aliphatic heterocycles. The van der Waals surface area contributed by atoms with Gasteiger partial charge in [-0.3, -0.25) is 0 Å². The second-order valence-electron chi connectivity index (χ2n) is 1.32. The molecule has 0 bridgehead atoms. The number of hydrogen-bond acceptors (Lipinski definition) is 3. The van der Waals surface area contributed by atoms with Crippen LogP contribution in [0.1, 0.15) is 26.7 Å². The molecule has 0 aliphatic carbocycles. The molecule has 0 aromatic rings. The predicted molar refractivity (Wildman–Crippen MR) is 56.1 cm³/mol. The molecule has 0 fully saturated rings. The molecule has 2 nitrogen and oxygen atoms in total. The Balaban J connectivity index is -0.0000000368. The average molecular weight is 290 g/mol. The first-order chi connectivity index (χ1) is 5.56. The Labute approximate surface area is 98.3 Å². The molecule has 0 atom stereocenters. The van der Waals surface area contributed by atoms with Crippen molar-refractivity contribution in [2.75, 3.05) is 0 Å². The fourth-order valence-electron chi connectivity index (χ4n) is 0. The third kappa shape index (κ3) is 2730. The quantitative estimate of drug-likeness (QED) is 0.321. The summed E-state index contributed by atoms with van der Waals surface area (Å²) in [5.74, 6) is 0. The summed E-state index contributed by atoms with van der Waals surface area (Å²) in [6, 6.07) is 0. The van der Waals surface area contributed by atoms with Crippen LogP contribution >= 0.6 is 12.2 Å². The maximum atomic E-state index is 8.26. The second-order valence-corrected chi connectivity index (χ2v) is 2.46. The zero-order valence-corrected chi connectivity index (χ0v) is 11.2. The Morgan fingerprint density at radius 3 is 1.42 bits per heavy atom. The molecular weight excluding hydrogens is 274 g/mol. The van der Waals surface area contributed by atoms with E-state index in [9.17, 15) is 0 Å². The van der Waals surface area contributed by atoms with E-state index in [4.69, 9.17) is 3.40 Å². The van der Waals surface area contributed by atoms with Crippen molar-refractivity contribution in [2.24, 2.45) is 5.73 Å². The van der Waals surface area contributed by atoms with E-state index in [1.54, 1.807) is 0 Å². The van der Waals surface area contributed by atoms with Crippen LogP contribution in [0.25, 0.3) is 0 Å². The van der Waals surface area contributed by atoms with E-state index in [-0.39, 0.29) is 4.32 Å². The van der Waals surface area contributed by atoms with Crippen LogP contribution < -0.4 is 5.73 Å². The van der Waals surface area contributed by atoms with Crippen LogP contribution in [0.4, 0.5) is 0 Å². The topological polar surface area (TPSA) is 43.1 Å². The van der Waals surface area contributed by atoms with Crippen LogP contribution in [0.15, 0.2) is 0 Å². The third-order valence-electron chi connectivity index (χ3n) is 0. The molecule has 0 amide bonds. The summed E-state index contributed by atoms with van der Waals surface area (Å²) in [7, 11) is 0. The molecule has 0 saturated heterocycles. The summed E-state index contributed by atoms with van der Waals surface area (Å²) < 4.78 is 8.34. The summed E-state index contributed by atoms with van der Waals surface area (Å²) in [6.07, 6.45) is 2.00. The first kappa shape index (κ1) is 22.9. The summed E-state index contributed by atoms with van der Waals surface area (Å²) >= 11 is 8.96. The minimum absolute atomic E-state index is 0.0833. The van der Waals surface area contributed by atoms with Crippen LogP contribution in [0, 0.1) is 13.8 Å². The van der Waals surface area contributed by atoms with Gasteiger partial charge in [0.2, 0.25) is 0 Å². The first-order valence-corrected chi connectivity index (χ1v) is 4.91. The molecule has 5 heteroatoms. The number of thiocarbonyl (C=S) groups is 1. The zero-order chi connectivity index (χ0) is 11.0. The van der Waals surface area contributed by atoms with Gasteiger partial charge in [-0.1, -0.05) is 18.2 Å². The van der Waals surface area contributed by atoms with Gasteiger partial charge in [-0.25, -0.2) is 0 Å². The van der Waals surface area contributed by atoms with Crippen molar-refractivity contribution in [2.45, 2.75) is 26.7 Å².